The van der Waals surface area contributed by atoms with E-state index in [1.807, 2.05) is 20.8 Å². The van der Waals surface area contributed by atoms with E-state index in [-0.39, 0.29) is 53.4 Å². The number of carbonyl (C=O) groups is 1. The van der Waals surface area contributed by atoms with Gasteiger partial charge in [-0.2, -0.15) is 0 Å². The van der Waals surface area contributed by atoms with Crippen LogP contribution < -0.4 is 0 Å². The van der Waals surface area contributed by atoms with E-state index in [9.17, 15) is 23.4 Å². The van der Waals surface area contributed by atoms with Crippen LogP contribution in [0.25, 0.3) is 0 Å². The van der Waals surface area contributed by atoms with Gasteiger partial charge in [-0.25, -0.2) is 8.42 Å². The molecule has 2 N–H and O–H groups in total. The van der Waals surface area contributed by atoms with Crippen molar-refractivity contribution in [3.8, 4) is 0 Å². The third-order valence-electron chi connectivity index (χ3n) is 10.2. The van der Waals surface area contributed by atoms with Gasteiger partial charge < -0.3 is 33.9 Å². The van der Waals surface area contributed by atoms with Gasteiger partial charge in [-0.05, 0) is 88.5 Å². The van der Waals surface area contributed by atoms with Crippen molar-refractivity contribution in [1.29, 1.82) is 0 Å². The summed E-state index contributed by atoms with van der Waals surface area (Å²) in [6.45, 7) is 16.3. The minimum atomic E-state index is -3.68. The summed E-state index contributed by atoms with van der Waals surface area (Å²) in [6, 6.07) is 8.35. The summed E-state index contributed by atoms with van der Waals surface area (Å²) in [7, 11) is -2.15. The van der Waals surface area contributed by atoms with Crippen LogP contribution in [0, 0.1) is 17.3 Å². The zero-order valence-corrected chi connectivity index (χ0v) is 30.7. The van der Waals surface area contributed by atoms with Crippen LogP contribution in [-0.4, -0.2) is 99.5 Å². The first kappa shape index (κ1) is 39.7. The van der Waals surface area contributed by atoms with Crippen LogP contribution in [0.15, 0.2) is 59.5 Å². The van der Waals surface area contributed by atoms with Crippen LogP contribution in [0.4, 0.5) is 0 Å². The van der Waals surface area contributed by atoms with E-state index < -0.39 is 52.2 Å². The molecule has 10 nitrogen and oxygen atoms in total. The molecule has 0 amide bonds. The fourth-order valence-electron chi connectivity index (χ4n) is 7.27. The molecule has 3 fully saturated rings. The van der Waals surface area contributed by atoms with Crippen molar-refractivity contribution >= 4 is 15.8 Å². The Morgan fingerprint density at radius 1 is 1.02 bits per heavy atom. The smallest absolute Gasteiger partial charge is 0.311 e. The number of esters is 1. The molecule has 4 rings (SSSR count). The Balaban J connectivity index is 1.37. The summed E-state index contributed by atoms with van der Waals surface area (Å²) in [4.78, 5) is 12.3. The topological polar surface area (TPSA) is 138 Å². The van der Waals surface area contributed by atoms with Gasteiger partial charge in [0, 0.05) is 25.9 Å². The number of aliphatic hydroxyl groups excluding tert-OH is 2. The minimum absolute atomic E-state index is 0.0455. The lowest BCUT2D eigenvalue weighted by Gasteiger charge is -2.38. The third kappa shape index (κ3) is 10.7. The van der Waals surface area contributed by atoms with Gasteiger partial charge in [0.25, 0.3) is 0 Å². The number of sulfone groups is 1. The van der Waals surface area contributed by atoms with Gasteiger partial charge in [0.2, 0.25) is 0 Å². The van der Waals surface area contributed by atoms with Gasteiger partial charge in [0.15, 0.2) is 9.84 Å². The lowest BCUT2D eigenvalue weighted by atomic mass is 9.83. The number of hydrogen-bond donors (Lipinski definition) is 2. The Kier molecular flexibility index (Phi) is 14.1. The zero-order chi connectivity index (χ0) is 35.9. The van der Waals surface area contributed by atoms with E-state index in [0.29, 0.717) is 13.0 Å². The van der Waals surface area contributed by atoms with Crippen LogP contribution in [0.1, 0.15) is 79.1 Å². The highest BCUT2D eigenvalue weighted by Crippen LogP contribution is 2.41. The van der Waals surface area contributed by atoms with Gasteiger partial charge in [0.05, 0.1) is 78.1 Å². The predicted molar refractivity (Wildman–Crippen MR) is 187 cm³/mol. The van der Waals surface area contributed by atoms with E-state index in [2.05, 4.69) is 20.1 Å². The number of ether oxygens (including phenoxy) is 5. The average Bonchev–Trinajstić information content (AvgIpc) is 3.57. The molecule has 49 heavy (non-hydrogen) atoms. The number of aliphatic hydroxyl groups is 2. The largest absolute Gasteiger partial charge is 0.465 e. The van der Waals surface area contributed by atoms with Crippen molar-refractivity contribution in [3.05, 3.63) is 54.6 Å². The maximum atomic E-state index is 13.5. The number of hydrogen-bond acceptors (Lipinski definition) is 10. The molecule has 0 aliphatic carbocycles. The summed E-state index contributed by atoms with van der Waals surface area (Å²) >= 11 is 0. The molecule has 276 valence electrons. The minimum Gasteiger partial charge on any atom is -0.465 e. The molecule has 0 radical (unpaired) electrons. The molecule has 3 saturated heterocycles. The standard InChI is InChI=1S/C38H58O10S/c1-24-18-29(15-16-32-25(2)19-28(46-32)12-11-17-45-37(41)38(4,5)6)47-33(26(24)3)21-34-31(23-49(42,43)30-13-9-8-10-14-30)36(44-7)35(48-34)20-27(40)22-39/h8-10,13-14,24,27-29,31-36,39-40H,2-3,11-12,15-23H2,1,4-7H3/t24?,27-,28?,29?,31-,32-,33+,34?,35?,36?/m0/s1. The fourth-order valence-corrected chi connectivity index (χ4v) is 8.95. The van der Waals surface area contributed by atoms with Gasteiger partial charge in [0.1, 0.15) is 0 Å². The van der Waals surface area contributed by atoms with Crippen molar-refractivity contribution in [1.82, 2.24) is 0 Å². The molecule has 1 aromatic rings. The molecule has 3 aliphatic heterocycles. The second-order valence-electron chi connectivity index (χ2n) is 15.2. The van der Waals surface area contributed by atoms with Gasteiger partial charge >= 0.3 is 5.97 Å². The number of benzene rings is 1. The fraction of sp³-hybridized carbons (Fsp3) is 0.711. The normalized spacial score (nSPS) is 31.6. The molecule has 0 aromatic heterocycles. The van der Waals surface area contributed by atoms with E-state index in [4.69, 9.17) is 23.7 Å². The molecule has 0 saturated carbocycles. The molecule has 1 aromatic carbocycles. The number of methoxy groups -OCH3 is 1. The van der Waals surface area contributed by atoms with Crippen LogP contribution in [0.5, 0.6) is 0 Å². The van der Waals surface area contributed by atoms with E-state index in [1.54, 1.807) is 30.3 Å². The Bertz CT molecular complexity index is 1360. The summed E-state index contributed by atoms with van der Waals surface area (Å²) < 4.78 is 57.8. The SMILES string of the molecule is C=C1CC(CCCOC(=O)C(C)(C)C)O[C@H]1CCC1CC(C)C(=C)[C@@H](CC2OC(C[C@H](O)CO)C(OC)[C@H]2CS(=O)(=O)c2ccccc2)O1. The quantitative estimate of drug-likeness (QED) is 0.134. The van der Waals surface area contributed by atoms with Crippen LogP contribution in [0.3, 0.4) is 0 Å². The maximum absolute atomic E-state index is 13.5. The highest BCUT2D eigenvalue weighted by Gasteiger charge is 2.49. The third-order valence-corrected chi connectivity index (χ3v) is 12.0. The number of rotatable bonds is 16. The van der Waals surface area contributed by atoms with Gasteiger partial charge in [-0.3, -0.25) is 4.79 Å². The summed E-state index contributed by atoms with van der Waals surface area (Å²) in [5.74, 6) is -0.720. The molecule has 0 spiro atoms. The van der Waals surface area contributed by atoms with Crippen molar-refractivity contribution in [2.75, 3.05) is 26.1 Å². The monoisotopic (exact) mass is 706 g/mol. The van der Waals surface area contributed by atoms with E-state index in [0.717, 1.165) is 49.7 Å². The zero-order valence-electron chi connectivity index (χ0n) is 29.9. The number of carbonyl (C=O) groups excluding carboxylic acids is 1. The van der Waals surface area contributed by atoms with Crippen molar-refractivity contribution in [2.45, 2.75) is 133 Å². The van der Waals surface area contributed by atoms with E-state index >= 15 is 0 Å². The summed E-state index contributed by atoms with van der Waals surface area (Å²) in [5.41, 5.74) is 1.51. The molecule has 10 atom stereocenters. The molecular formula is C38H58O10S. The Morgan fingerprint density at radius 3 is 2.37 bits per heavy atom. The highest BCUT2D eigenvalue weighted by molar-refractivity contribution is 7.91. The Hall–Kier alpha value is -2.12. The second-order valence-corrected chi connectivity index (χ2v) is 17.2. The van der Waals surface area contributed by atoms with Gasteiger partial charge in [-0.1, -0.05) is 38.3 Å². The molecule has 0 bridgehead atoms. The van der Waals surface area contributed by atoms with E-state index in [1.165, 1.54) is 7.11 Å². The first-order chi connectivity index (χ1) is 23.1. The van der Waals surface area contributed by atoms with Crippen molar-refractivity contribution < 1.29 is 47.1 Å². The Labute approximate surface area is 293 Å². The van der Waals surface area contributed by atoms with Crippen molar-refractivity contribution in [2.24, 2.45) is 17.3 Å². The lowest BCUT2D eigenvalue weighted by molar-refractivity contribution is -0.153. The average molecular weight is 707 g/mol. The summed E-state index contributed by atoms with van der Waals surface area (Å²) in [6.07, 6.45) is 2.06. The van der Waals surface area contributed by atoms with Crippen LogP contribution >= 0.6 is 0 Å². The molecule has 6 unspecified atom stereocenters. The van der Waals surface area contributed by atoms with Crippen LogP contribution in [0.2, 0.25) is 0 Å². The van der Waals surface area contributed by atoms with Crippen LogP contribution in [-0.2, 0) is 38.3 Å². The molecule has 11 heteroatoms. The predicted octanol–water partition coefficient (Wildman–Crippen LogP) is 5.21. The molecular weight excluding hydrogens is 648 g/mol. The lowest BCUT2D eigenvalue weighted by Crippen LogP contribution is -2.40. The highest BCUT2D eigenvalue weighted by atomic mass is 32.2. The summed E-state index contributed by atoms with van der Waals surface area (Å²) in [5, 5.41) is 19.8. The van der Waals surface area contributed by atoms with Crippen molar-refractivity contribution in [3.63, 3.8) is 0 Å². The maximum Gasteiger partial charge on any atom is 0.311 e. The molecule has 3 aliphatic rings. The first-order valence-electron chi connectivity index (χ1n) is 17.7. The first-order valence-corrected chi connectivity index (χ1v) is 19.4. The second kappa shape index (κ2) is 17.4. The Morgan fingerprint density at radius 2 is 1.71 bits per heavy atom. The molecule has 3 heterocycles. The van der Waals surface area contributed by atoms with Gasteiger partial charge in [-0.15, -0.1) is 0 Å².